The lowest BCUT2D eigenvalue weighted by Crippen LogP contribution is -2.26. The quantitative estimate of drug-likeness (QED) is 0.176. The smallest absolute Gasteiger partial charge is 0.334 e. The molecule has 0 saturated heterocycles. The normalized spacial score (nSPS) is 22.2. The largest absolute Gasteiger partial charge is 0.478 e. The molecule has 4 heteroatoms. The fourth-order valence-corrected chi connectivity index (χ4v) is 7.58. The van der Waals surface area contributed by atoms with Gasteiger partial charge in [-0.2, -0.15) is 0 Å². The average molecular weight is 613 g/mol. The Morgan fingerprint density at radius 3 is 1.30 bits per heavy atom. The summed E-state index contributed by atoms with van der Waals surface area (Å²) < 4.78 is 6.48. The third kappa shape index (κ3) is 16.5. The second kappa shape index (κ2) is 24.4. The summed E-state index contributed by atoms with van der Waals surface area (Å²) in [6, 6.07) is 0. The van der Waals surface area contributed by atoms with Gasteiger partial charge in [0.15, 0.2) is 0 Å². The zero-order valence-corrected chi connectivity index (χ0v) is 28.7. The van der Waals surface area contributed by atoms with Crippen LogP contribution in [0.15, 0.2) is 36.0 Å². The molecule has 4 nitrogen and oxygen atoms in total. The van der Waals surface area contributed by atoms with E-state index in [2.05, 4.69) is 20.1 Å². The molecule has 0 spiro atoms. The highest BCUT2D eigenvalue weighted by Gasteiger charge is 2.29. The molecule has 0 bridgehead atoms. The molecular formula is C40H68O4. The van der Waals surface area contributed by atoms with Gasteiger partial charge < -0.3 is 9.84 Å². The second-order valence-electron chi connectivity index (χ2n) is 14.1. The van der Waals surface area contributed by atoms with Crippen LogP contribution in [0.1, 0.15) is 187 Å². The molecule has 1 N–H and O–H groups in total. The van der Waals surface area contributed by atoms with Crippen molar-refractivity contribution >= 4 is 11.9 Å². The summed E-state index contributed by atoms with van der Waals surface area (Å²) in [6.07, 6.45) is 37.3. The fourth-order valence-electron chi connectivity index (χ4n) is 7.58. The van der Waals surface area contributed by atoms with Crippen LogP contribution in [-0.2, 0) is 14.3 Å². The summed E-state index contributed by atoms with van der Waals surface area (Å²) in [4.78, 5) is 24.0. The Labute approximate surface area is 271 Å². The van der Waals surface area contributed by atoms with Gasteiger partial charge in [-0.3, -0.25) is 0 Å². The number of ether oxygens (including phenoxy) is 1. The van der Waals surface area contributed by atoms with E-state index in [1.807, 2.05) is 0 Å². The molecule has 0 aromatic carbocycles. The topological polar surface area (TPSA) is 63.6 Å². The molecule has 0 heterocycles. The van der Waals surface area contributed by atoms with Gasteiger partial charge in [-0.15, -0.1) is 6.58 Å². The van der Waals surface area contributed by atoms with E-state index in [9.17, 15) is 9.59 Å². The zero-order chi connectivity index (χ0) is 31.8. The van der Waals surface area contributed by atoms with Crippen LogP contribution in [0.25, 0.3) is 0 Å². The average Bonchev–Trinajstić information content (AvgIpc) is 3.02. The lowest BCUT2D eigenvalue weighted by molar-refractivity contribution is -0.146. The van der Waals surface area contributed by atoms with Crippen molar-refractivity contribution in [2.45, 2.75) is 193 Å². The lowest BCUT2D eigenvalue weighted by Gasteiger charge is -2.29. The van der Waals surface area contributed by atoms with Crippen LogP contribution < -0.4 is 0 Å². The molecule has 3 aliphatic carbocycles. The molecular weight excluding hydrogens is 544 g/mol. The Kier molecular flexibility index (Phi) is 21.3. The van der Waals surface area contributed by atoms with Crippen LogP contribution in [0.4, 0.5) is 0 Å². The van der Waals surface area contributed by atoms with Crippen molar-refractivity contribution in [2.75, 3.05) is 0 Å². The van der Waals surface area contributed by atoms with Crippen LogP contribution in [0.5, 0.6) is 0 Å². The first kappa shape index (κ1) is 38.3. The number of allylic oxidation sites excluding steroid dienone is 2. The number of carbonyl (C=O) groups excluding carboxylic acids is 1. The number of carboxylic acids is 1. The number of esters is 1. The minimum atomic E-state index is -0.954. The summed E-state index contributed by atoms with van der Waals surface area (Å²) >= 11 is 0. The Hall–Kier alpha value is -1.84. The summed E-state index contributed by atoms with van der Waals surface area (Å²) in [7, 11) is 0. The highest BCUT2D eigenvalue weighted by Crippen LogP contribution is 2.36. The van der Waals surface area contributed by atoms with E-state index in [1.165, 1.54) is 172 Å². The zero-order valence-electron chi connectivity index (χ0n) is 28.7. The Morgan fingerprint density at radius 2 is 0.955 bits per heavy atom. The Bertz CT molecular complexity index is 825. The van der Waals surface area contributed by atoms with Crippen molar-refractivity contribution in [3.8, 4) is 0 Å². The van der Waals surface area contributed by atoms with Gasteiger partial charge in [0.2, 0.25) is 0 Å². The number of carbonyl (C=O) groups is 2. The minimum absolute atomic E-state index is 0.0914. The highest BCUT2D eigenvalue weighted by atomic mass is 16.5. The number of carboxylic acid groups (broad SMARTS) is 1. The molecule has 3 fully saturated rings. The van der Waals surface area contributed by atoms with Gasteiger partial charge >= 0.3 is 11.9 Å². The molecule has 252 valence electrons. The van der Waals surface area contributed by atoms with Gasteiger partial charge in [-0.1, -0.05) is 140 Å². The van der Waals surface area contributed by atoms with E-state index in [0.717, 1.165) is 18.4 Å². The van der Waals surface area contributed by atoms with Gasteiger partial charge in [0, 0.05) is 11.1 Å². The van der Waals surface area contributed by atoms with Crippen LogP contribution in [-0.4, -0.2) is 23.1 Å². The standard InChI is InChI=1S/C34H60O2.C6H8O2/c1-29(30-23-17-11-5-2-6-12-18-24-30)33(31-25-19-13-7-3-8-14-20-26-31)34(35)36-32-27-21-15-9-4-10-16-22-28-32;1-3-4-5(2)6(7)8/h30-32H,2-28H2,1H3;3H,1-2,4H2,(H,7,8). The summed E-state index contributed by atoms with van der Waals surface area (Å²) in [6.45, 7) is 8.98. The predicted molar refractivity (Wildman–Crippen MR) is 186 cm³/mol. The monoisotopic (exact) mass is 613 g/mol. The van der Waals surface area contributed by atoms with E-state index < -0.39 is 5.97 Å². The first-order chi connectivity index (χ1) is 21.4. The maximum Gasteiger partial charge on any atom is 0.334 e. The summed E-state index contributed by atoms with van der Waals surface area (Å²) in [5.74, 6) is 0.147. The first-order valence-corrected chi connectivity index (χ1v) is 18.9. The van der Waals surface area contributed by atoms with Gasteiger partial charge in [0.1, 0.15) is 6.10 Å². The molecule has 3 saturated carbocycles. The molecule has 44 heavy (non-hydrogen) atoms. The lowest BCUT2D eigenvalue weighted by atomic mass is 9.79. The summed E-state index contributed by atoms with van der Waals surface area (Å²) in [5, 5.41) is 8.17. The third-order valence-corrected chi connectivity index (χ3v) is 10.4. The SMILES string of the molecule is C=CCC(=C)C(=O)O.CC(=C(C(=O)OC1CCCCCCCCC1)C1CCCCCCCCC1)C1CCCCCCCCC1. The van der Waals surface area contributed by atoms with E-state index in [-0.39, 0.29) is 17.6 Å². The van der Waals surface area contributed by atoms with Crippen LogP contribution in [0, 0.1) is 11.8 Å². The van der Waals surface area contributed by atoms with Gasteiger partial charge in [-0.25, -0.2) is 9.59 Å². The number of rotatable bonds is 7. The minimum Gasteiger partial charge on any atom is -0.478 e. The molecule has 0 aliphatic heterocycles. The highest BCUT2D eigenvalue weighted by molar-refractivity contribution is 5.90. The molecule has 0 unspecified atom stereocenters. The van der Waals surface area contributed by atoms with Gasteiger partial charge in [-0.05, 0) is 76.5 Å². The summed E-state index contributed by atoms with van der Waals surface area (Å²) in [5.41, 5.74) is 2.76. The van der Waals surface area contributed by atoms with Crippen LogP contribution in [0.3, 0.4) is 0 Å². The maximum absolute atomic E-state index is 14.1. The number of aliphatic carboxylic acids is 1. The molecule has 0 amide bonds. The maximum atomic E-state index is 14.1. The number of hydrogen-bond donors (Lipinski definition) is 1. The molecule has 0 aromatic heterocycles. The van der Waals surface area contributed by atoms with E-state index in [4.69, 9.17) is 9.84 Å². The van der Waals surface area contributed by atoms with Crippen molar-refractivity contribution in [3.05, 3.63) is 36.0 Å². The molecule has 0 radical (unpaired) electrons. The van der Waals surface area contributed by atoms with Gasteiger partial charge in [0.05, 0.1) is 0 Å². The van der Waals surface area contributed by atoms with Gasteiger partial charge in [0.25, 0.3) is 0 Å². The molecule has 3 rings (SSSR count). The molecule has 0 aromatic rings. The Morgan fingerprint density at radius 1 is 0.614 bits per heavy atom. The molecule has 0 atom stereocenters. The van der Waals surface area contributed by atoms with E-state index in [1.54, 1.807) is 0 Å². The molecule has 3 aliphatic rings. The van der Waals surface area contributed by atoms with Crippen LogP contribution >= 0.6 is 0 Å². The third-order valence-electron chi connectivity index (χ3n) is 10.4. The van der Waals surface area contributed by atoms with Crippen molar-refractivity contribution in [2.24, 2.45) is 11.8 Å². The van der Waals surface area contributed by atoms with Crippen molar-refractivity contribution in [1.29, 1.82) is 0 Å². The fraction of sp³-hybridized carbons (Fsp3) is 0.800. The first-order valence-electron chi connectivity index (χ1n) is 18.9. The Balaban J connectivity index is 0.000000742. The number of hydrogen-bond acceptors (Lipinski definition) is 3. The van der Waals surface area contributed by atoms with Crippen molar-refractivity contribution < 1.29 is 19.4 Å². The predicted octanol–water partition coefficient (Wildman–Crippen LogP) is 12.2. The van der Waals surface area contributed by atoms with Crippen LogP contribution in [0.2, 0.25) is 0 Å². The van der Waals surface area contributed by atoms with Crippen molar-refractivity contribution in [3.63, 3.8) is 0 Å². The van der Waals surface area contributed by atoms with E-state index in [0.29, 0.717) is 18.3 Å². The second-order valence-corrected chi connectivity index (χ2v) is 14.1. The van der Waals surface area contributed by atoms with Crippen molar-refractivity contribution in [1.82, 2.24) is 0 Å². The van der Waals surface area contributed by atoms with E-state index >= 15 is 0 Å².